The zero-order valence-corrected chi connectivity index (χ0v) is 13.0. The third-order valence-corrected chi connectivity index (χ3v) is 3.58. The lowest BCUT2D eigenvalue weighted by molar-refractivity contribution is -0.384. The van der Waals surface area contributed by atoms with Crippen molar-refractivity contribution in [2.24, 2.45) is 0 Å². The zero-order chi connectivity index (χ0) is 15.2. The van der Waals surface area contributed by atoms with Gasteiger partial charge in [-0.1, -0.05) is 34.1 Å². The van der Waals surface area contributed by atoms with Crippen molar-refractivity contribution in [3.05, 3.63) is 63.7 Å². The van der Waals surface area contributed by atoms with E-state index in [1.807, 2.05) is 24.3 Å². The van der Waals surface area contributed by atoms with E-state index in [1.54, 1.807) is 13.2 Å². The number of nitro benzene ring substituents is 1. The van der Waals surface area contributed by atoms with Gasteiger partial charge in [-0.3, -0.25) is 10.1 Å². The van der Waals surface area contributed by atoms with Gasteiger partial charge in [0.25, 0.3) is 5.69 Å². The van der Waals surface area contributed by atoms with Crippen molar-refractivity contribution in [2.75, 3.05) is 7.11 Å². The lowest BCUT2D eigenvalue weighted by atomic mass is 10.2. The molecule has 0 radical (unpaired) electrons. The molecule has 0 spiro atoms. The molecule has 110 valence electrons. The highest BCUT2D eigenvalue weighted by Crippen LogP contribution is 2.28. The fourth-order valence-corrected chi connectivity index (χ4v) is 2.34. The number of non-ortho nitro benzene ring substituents is 1. The van der Waals surface area contributed by atoms with Crippen LogP contribution >= 0.6 is 15.9 Å². The van der Waals surface area contributed by atoms with Crippen LogP contribution in [-0.2, 0) is 11.9 Å². The number of hydrogen-bond donors (Lipinski definition) is 0. The first-order valence-electron chi connectivity index (χ1n) is 6.23. The van der Waals surface area contributed by atoms with Gasteiger partial charge in [-0.05, 0) is 12.1 Å². The Kier molecular flexibility index (Phi) is 5.16. The first kappa shape index (κ1) is 15.3. The fraction of sp³-hybridized carbons (Fsp3) is 0.200. The molecular formula is C15H14BrNO4. The molecule has 0 aliphatic heterocycles. The highest BCUT2D eigenvalue weighted by Gasteiger charge is 2.12. The number of benzene rings is 2. The number of nitrogens with zero attached hydrogens (tertiary/aromatic N) is 1. The number of rotatable bonds is 6. The first-order valence-corrected chi connectivity index (χ1v) is 7.36. The normalized spacial score (nSPS) is 10.2. The molecule has 0 atom stereocenters. The number of halogens is 1. The number of nitro groups is 1. The Balaban J connectivity index is 2.18. The zero-order valence-electron chi connectivity index (χ0n) is 11.4. The summed E-state index contributed by atoms with van der Waals surface area (Å²) in [4.78, 5) is 10.4. The van der Waals surface area contributed by atoms with E-state index >= 15 is 0 Å². The SMILES string of the molecule is COc1ccccc1COc1ccc([N+](=O)[O-])cc1CBr. The smallest absolute Gasteiger partial charge is 0.270 e. The van der Waals surface area contributed by atoms with Crippen LogP contribution in [0.2, 0.25) is 0 Å². The van der Waals surface area contributed by atoms with Gasteiger partial charge in [-0.15, -0.1) is 0 Å². The average molecular weight is 352 g/mol. The Hall–Kier alpha value is -2.08. The van der Waals surface area contributed by atoms with Crippen LogP contribution in [0, 0.1) is 10.1 Å². The van der Waals surface area contributed by atoms with Crippen LogP contribution in [0.4, 0.5) is 5.69 Å². The molecule has 0 N–H and O–H groups in total. The third-order valence-electron chi connectivity index (χ3n) is 2.97. The second-order valence-electron chi connectivity index (χ2n) is 4.28. The topological polar surface area (TPSA) is 61.6 Å². The minimum Gasteiger partial charge on any atom is -0.496 e. The molecule has 2 rings (SSSR count). The maximum atomic E-state index is 10.8. The van der Waals surface area contributed by atoms with E-state index in [1.165, 1.54) is 12.1 Å². The number of para-hydroxylation sites is 1. The van der Waals surface area contributed by atoms with Crippen molar-refractivity contribution >= 4 is 21.6 Å². The molecule has 0 unspecified atom stereocenters. The standard InChI is InChI=1S/C15H14BrNO4/c1-20-14-5-3-2-4-11(14)10-21-15-7-6-13(17(18)19)8-12(15)9-16/h2-8H,9-10H2,1H3. The fourth-order valence-electron chi connectivity index (χ4n) is 1.90. The number of ether oxygens (including phenoxy) is 2. The van der Waals surface area contributed by atoms with Gasteiger partial charge >= 0.3 is 0 Å². The maximum absolute atomic E-state index is 10.8. The minimum absolute atomic E-state index is 0.0501. The summed E-state index contributed by atoms with van der Waals surface area (Å²) in [5, 5.41) is 11.3. The summed E-state index contributed by atoms with van der Waals surface area (Å²) in [6.45, 7) is 0.335. The summed E-state index contributed by atoms with van der Waals surface area (Å²) >= 11 is 3.32. The van der Waals surface area contributed by atoms with Crippen molar-refractivity contribution in [1.82, 2.24) is 0 Å². The van der Waals surface area contributed by atoms with Crippen LogP contribution in [0.25, 0.3) is 0 Å². The van der Waals surface area contributed by atoms with Gasteiger partial charge in [-0.2, -0.15) is 0 Å². The maximum Gasteiger partial charge on any atom is 0.270 e. The van der Waals surface area contributed by atoms with Crippen LogP contribution in [0.3, 0.4) is 0 Å². The van der Waals surface area contributed by atoms with E-state index in [9.17, 15) is 10.1 Å². The molecular weight excluding hydrogens is 338 g/mol. The lowest BCUT2D eigenvalue weighted by Crippen LogP contribution is -2.01. The van der Waals surface area contributed by atoms with Crippen molar-refractivity contribution in [1.29, 1.82) is 0 Å². The van der Waals surface area contributed by atoms with Crippen molar-refractivity contribution < 1.29 is 14.4 Å². The molecule has 0 aliphatic carbocycles. The Morgan fingerprint density at radius 2 is 1.90 bits per heavy atom. The second-order valence-corrected chi connectivity index (χ2v) is 4.84. The van der Waals surface area contributed by atoms with Crippen LogP contribution < -0.4 is 9.47 Å². The second kappa shape index (κ2) is 7.08. The molecule has 0 saturated carbocycles. The molecule has 0 fully saturated rings. The van der Waals surface area contributed by atoms with E-state index in [0.717, 1.165) is 16.9 Å². The molecule has 2 aromatic carbocycles. The quantitative estimate of drug-likeness (QED) is 0.447. The lowest BCUT2D eigenvalue weighted by Gasteiger charge is -2.12. The van der Waals surface area contributed by atoms with Gasteiger partial charge in [0.15, 0.2) is 0 Å². The van der Waals surface area contributed by atoms with Crippen molar-refractivity contribution in [2.45, 2.75) is 11.9 Å². The molecule has 0 bridgehead atoms. The minimum atomic E-state index is -0.420. The van der Waals surface area contributed by atoms with Crippen molar-refractivity contribution in [3.63, 3.8) is 0 Å². The summed E-state index contributed by atoms with van der Waals surface area (Å²) in [6, 6.07) is 12.1. The molecule has 2 aromatic rings. The molecule has 5 nitrogen and oxygen atoms in total. The van der Waals surface area contributed by atoms with E-state index in [2.05, 4.69) is 15.9 Å². The van der Waals surface area contributed by atoms with Gasteiger partial charge in [0.2, 0.25) is 0 Å². The van der Waals surface area contributed by atoms with Gasteiger partial charge in [-0.25, -0.2) is 0 Å². The molecule has 0 aliphatic rings. The summed E-state index contributed by atoms with van der Waals surface area (Å²) < 4.78 is 11.0. The van der Waals surface area contributed by atoms with Crippen LogP contribution in [0.1, 0.15) is 11.1 Å². The van der Waals surface area contributed by atoms with Crippen LogP contribution in [0.15, 0.2) is 42.5 Å². The van der Waals surface area contributed by atoms with Gasteiger partial charge in [0.05, 0.1) is 12.0 Å². The Morgan fingerprint density at radius 1 is 1.14 bits per heavy atom. The highest BCUT2D eigenvalue weighted by molar-refractivity contribution is 9.08. The molecule has 0 heterocycles. The summed E-state index contributed by atoms with van der Waals surface area (Å²) in [6.07, 6.45) is 0. The van der Waals surface area contributed by atoms with E-state index in [-0.39, 0.29) is 5.69 Å². The Morgan fingerprint density at radius 3 is 2.57 bits per heavy atom. The molecule has 0 amide bonds. The summed E-state index contributed by atoms with van der Waals surface area (Å²) in [7, 11) is 1.61. The van der Waals surface area contributed by atoms with Crippen LogP contribution in [-0.4, -0.2) is 12.0 Å². The van der Waals surface area contributed by atoms with E-state index < -0.39 is 4.92 Å². The monoisotopic (exact) mass is 351 g/mol. The molecule has 0 aromatic heterocycles. The molecule has 6 heteroatoms. The first-order chi connectivity index (χ1) is 10.2. The van der Waals surface area contributed by atoms with Gasteiger partial charge < -0.3 is 9.47 Å². The molecule has 0 saturated heterocycles. The van der Waals surface area contributed by atoms with Gasteiger partial charge in [0, 0.05) is 28.6 Å². The third kappa shape index (κ3) is 3.72. The predicted octanol–water partition coefficient (Wildman–Crippen LogP) is 4.08. The largest absolute Gasteiger partial charge is 0.496 e. The number of alkyl halides is 1. The number of methoxy groups -OCH3 is 1. The molecule has 21 heavy (non-hydrogen) atoms. The predicted molar refractivity (Wildman–Crippen MR) is 83.1 cm³/mol. The van der Waals surface area contributed by atoms with E-state index in [4.69, 9.17) is 9.47 Å². The average Bonchev–Trinajstić information content (AvgIpc) is 2.52. The summed E-state index contributed by atoms with van der Waals surface area (Å²) in [5.74, 6) is 1.36. The Bertz CT molecular complexity index is 645. The van der Waals surface area contributed by atoms with E-state index in [0.29, 0.717) is 17.7 Å². The highest BCUT2D eigenvalue weighted by atomic mass is 79.9. The van der Waals surface area contributed by atoms with Crippen LogP contribution in [0.5, 0.6) is 11.5 Å². The van der Waals surface area contributed by atoms with Crippen molar-refractivity contribution in [3.8, 4) is 11.5 Å². The summed E-state index contributed by atoms with van der Waals surface area (Å²) in [5.41, 5.74) is 1.70. The van der Waals surface area contributed by atoms with Gasteiger partial charge in [0.1, 0.15) is 18.1 Å². The Labute approximate surface area is 130 Å². The number of hydrogen-bond acceptors (Lipinski definition) is 4.